The minimum Gasteiger partial charge on any atom is -0.359 e. The van der Waals surface area contributed by atoms with Gasteiger partial charge in [0.05, 0.1) is 11.6 Å². The second-order valence-corrected chi connectivity index (χ2v) is 6.25. The molecule has 0 aliphatic heterocycles. The number of nitrogens with zero attached hydrogens (tertiary/aromatic N) is 5. The molecule has 4 aromatic rings. The van der Waals surface area contributed by atoms with Gasteiger partial charge in [0, 0.05) is 43.5 Å². The van der Waals surface area contributed by atoms with E-state index in [0.717, 1.165) is 5.56 Å². The molecule has 130 valence electrons. The molecule has 0 unspecified atom stereocenters. The number of hydrogen-bond donors (Lipinski definition) is 0. The van der Waals surface area contributed by atoms with Crippen molar-refractivity contribution < 1.29 is 9.32 Å². The summed E-state index contributed by atoms with van der Waals surface area (Å²) in [4.78, 5) is 22.5. The monoisotopic (exact) mass is 367 g/mol. The highest BCUT2D eigenvalue weighted by Gasteiger charge is 2.18. The third kappa shape index (κ3) is 3.16. The summed E-state index contributed by atoms with van der Waals surface area (Å²) in [7, 11) is 1.69. The molecule has 0 bridgehead atoms. The van der Waals surface area contributed by atoms with Gasteiger partial charge in [0.25, 0.3) is 5.91 Å². The summed E-state index contributed by atoms with van der Waals surface area (Å²) < 4.78 is 7.06. The van der Waals surface area contributed by atoms with Crippen LogP contribution >= 0.6 is 11.6 Å². The van der Waals surface area contributed by atoms with Gasteiger partial charge in [-0.2, -0.15) is 0 Å². The fourth-order valence-electron chi connectivity index (χ4n) is 2.62. The first-order valence-corrected chi connectivity index (χ1v) is 8.23. The minimum absolute atomic E-state index is 0.216. The predicted octanol–water partition coefficient (Wildman–Crippen LogP) is 3.31. The molecule has 4 aromatic heterocycles. The third-order valence-electron chi connectivity index (χ3n) is 3.91. The number of imidazole rings is 1. The van der Waals surface area contributed by atoms with Crippen LogP contribution < -0.4 is 0 Å². The number of aromatic nitrogens is 4. The summed E-state index contributed by atoms with van der Waals surface area (Å²) in [6.45, 7) is 0.283. The van der Waals surface area contributed by atoms with Gasteiger partial charge in [0.1, 0.15) is 17.0 Å². The highest BCUT2D eigenvalue weighted by Crippen LogP contribution is 2.19. The summed E-state index contributed by atoms with van der Waals surface area (Å²) in [6.07, 6.45) is 6.74. The summed E-state index contributed by atoms with van der Waals surface area (Å²) in [6, 6.07) is 8.99. The molecule has 0 aliphatic carbocycles. The van der Waals surface area contributed by atoms with Gasteiger partial charge in [-0.05, 0) is 24.3 Å². The van der Waals surface area contributed by atoms with Crippen molar-refractivity contribution in [2.45, 2.75) is 6.54 Å². The van der Waals surface area contributed by atoms with Crippen LogP contribution in [0.1, 0.15) is 16.2 Å². The molecule has 0 N–H and O–H groups in total. The lowest BCUT2D eigenvalue weighted by atomic mass is 10.2. The Labute approximate surface area is 153 Å². The van der Waals surface area contributed by atoms with E-state index >= 15 is 0 Å². The lowest BCUT2D eigenvalue weighted by Crippen LogP contribution is -2.26. The maximum atomic E-state index is 12.6. The van der Waals surface area contributed by atoms with Gasteiger partial charge in [-0.25, -0.2) is 4.98 Å². The molecule has 0 spiro atoms. The number of amides is 1. The quantitative estimate of drug-likeness (QED) is 0.553. The molecular weight excluding hydrogens is 354 g/mol. The van der Waals surface area contributed by atoms with Crippen molar-refractivity contribution in [1.82, 2.24) is 24.4 Å². The van der Waals surface area contributed by atoms with Crippen LogP contribution in [0.5, 0.6) is 0 Å². The van der Waals surface area contributed by atoms with Gasteiger partial charge in [-0.3, -0.25) is 9.78 Å². The summed E-state index contributed by atoms with van der Waals surface area (Å²) in [5.74, 6) is 0.367. The number of carbonyl (C=O) groups is 1. The average Bonchev–Trinajstić information content (AvgIpc) is 3.28. The maximum absolute atomic E-state index is 12.6. The average molecular weight is 368 g/mol. The number of rotatable bonds is 4. The first-order valence-electron chi connectivity index (χ1n) is 7.86. The molecule has 0 radical (unpaired) electrons. The lowest BCUT2D eigenvalue weighted by Gasteiger charge is -2.13. The second kappa shape index (κ2) is 6.61. The van der Waals surface area contributed by atoms with Gasteiger partial charge in [-0.1, -0.05) is 16.8 Å². The van der Waals surface area contributed by atoms with Crippen molar-refractivity contribution in [2.24, 2.45) is 0 Å². The topological polar surface area (TPSA) is 76.5 Å². The van der Waals surface area contributed by atoms with Crippen molar-refractivity contribution in [1.29, 1.82) is 0 Å². The molecular formula is C18H14ClN5O2. The molecule has 1 amide bonds. The van der Waals surface area contributed by atoms with Crippen LogP contribution in [0.3, 0.4) is 0 Å². The Morgan fingerprint density at radius 3 is 2.85 bits per heavy atom. The van der Waals surface area contributed by atoms with E-state index in [0.29, 0.717) is 27.8 Å². The number of pyridine rings is 2. The number of carbonyl (C=O) groups excluding carboxylic acids is 1. The highest BCUT2D eigenvalue weighted by molar-refractivity contribution is 6.30. The number of hydrogen-bond acceptors (Lipinski definition) is 5. The van der Waals surface area contributed by atoms with Crippen molar-refractivity contribution in [3.05, 3.63) is 71.6 Å². The highest BCUT2D eigenvalue weighted by atomic mass is 35.5. The van der Waals surface area contributed by atoms with E-state index in [-0.39, 0.29) is 12.5 Å². The zero-order chi connectivity index (χ0) is 18.1. The zero-order valence-corrected chi connectivity index (χ0v) is 14.6. The van der Waals surface area contributed by atoms with Gasteiger partial charge in [0.2, 0.25) is 0 Å². The fraction of sp³-hybridized carbons (Fsp3) is 0.111. The van der Waals surface area contributed by atoms with Crippen molar-refractivity contribution >= 4 is 23.2 Å². The Morgan fingerprint density at radius 2 is 2.04 bits per heavy atom. The summed E-state index contributed by atoms with van der Waals surface area (Å²) in [5, 5.41) is 4.62. The van der Waals surface area contributed by atoms with Crippen LogP contribution in [-0.2, 0) is 6.54 Å². The molecule has 0 saturated carbocycles. The number of fused-ring (bicyclic) bond motifs is 1. The molecule has 4 rings (SSSR count). The van der Waals surface area contributed by atoms with Crippen LogP contribution in [0.4, 0.5) is 0 Å². The largest absolute Gasteiger partial charge is 0.359 e. The summed E-state index contributed by atoms with van der Waals surface area (Å²) in [5.41, 5.74) is 2.60. The van der Waals surface area contributed by atoms with Gasteiger partial charge in [0.15, 0.2) is 5.76 Å². The Balaban J connectivity index is 1.51. The Hall–Kier alpha value is -3.19. The van der Waals surface area contributed by atoms with Crippen molar-refractivity contribution in [3.63, 3.8) is 0 Å². The molecule has 4 heterocycles. The molecule has 0 saturated heterocycles. The van der Waals surface area contributed by atoms with E-state index in [1.54, 1.807) is 48.4 Å². The van der Waals surface area contributed by atoms with Crippen molar-refractivity contribution in [3.8, 4) is 11.3 Å². The minimum atomic E-state index is -0.216. The van der Waals surface area contributed by atoms with E-state index in [4.69, 9.17) is 16.1 Å². The molecule has 0 fully saturated rings. The second-order valence-electron chi connectivity index (χ2n) is 5.81. The Bertz CT molecular complexity index is 1070. The van der Waals surface area contributed by atoms with E-state index in [2.05, 4.69) is 15.1 Å². The van der Waals surface area contributed by atoms with Crippen molar-refractivity contribution in [2.75, 3.05) is 7.05 Å². The van der Waals surface area contributed by atoms with Gasteiger partial charge in [-0.15, -0.1) is 0 Å². The summed E-state index contributed by atoms with van der Waals surface area (Å²) >= 11 is 5.96. The van der Waals surface area contributed by atoms with E-state index in [1.807, 2.05) is 18.2 Å². The Morgan fingerprint density at radius 1 is 1.23 bits per heavy atom. The van der Waals surface area contributed by atoms with Crippen LogP contribution in [0, 0.1) is 0 Å². The van der Waals surface area contributed by atoms with Crippen LogP contribution in [0.2, 0.25) is 5.02 Å². The first kappa shape index (κ1) is 16.3. The SMILES string of the molecule is CN(Cc1cc(-c2ccncc2)no1)C(=O)c1cn2cc(Cl)ccc2n1. The van der Waals surface area contributed by atoms with Gasteiger partial charge < -0.3 is 13.8 Å². The molecule has 7 nitrogen and oxygen atoms in total. The molecule has 0 aliphatic rings. The fourth-order valence-corrected chi connectivity index (χ4v) is 2.78. The molecule has 0 aromatic carbocycles. The van der Waals surface area contributed by atoms with E-state index in [9.17, 15) is 4.79 Å². The Kier molecular flexibility index (Phi) is 4.14. The van der Waals surface area contributed by atoms with E-state index < -0.39 is 0 Å². The lowest BCUT2D eigenvalue weighted by molar-refractivity contribution is 0.0767. The molecule has 26 heavy (non-hydrogen) atoms. The van der Waals surface area contributed by atoms with Crippen LogP contribution in [-0.4, -0.2) is 37.4 Å². The zero-order valence-electron chi connectivity index (χ0n) is 13.8. The third-order valence-corrected chi connectivity index (χ3v) is 4.13. The van der Waals surface area contributed by atoms with E-state index in [1.165, 1.54) is 4.90 Å². The standard InChI is InChI=1S/C18H14ClN5O2/c1-23(10-14-8-15(22-26-14)12-4-6-20-7-5-12)18(25)16-11-24-9-13(19)2-3-17(24)21-16/h2-9,11H,10H2,1H3. The number of halogens is 1. The van der Waals surface area contributed by atoms with Gasteiger partial charge >= 0.3 is 0 Å². The van der Waals surface area contributed by atoms with Crippen LogP contribution in [0.15, 0.2) is 59.6 Å². The molecule has 8 heteroatoms. The normalized spacial score (nSPS) is 11.0. The predicted molar refractivity (Wildman–Crippen MR) is 95.7 cm³/mol. The molecule has 0 atom stereocenters. The maximum Gasteiger partial charge on any atom is 0.274 e. The first-order chi connectivity index (χ1) is 12.6. The van der Waals surface area contributed by atoms with Crippen LogP contribution in [0.25, 0.3) is 16.9 Å². The smallest absolute Gasteiger partial charge is 0.274 e.